The molecule has 2 heterocycles. The number of carbonyl (C=O) groups excluding carboxylic acids is 10. The number of fused-ring (bicyclic) bond motifs is 2. The summed E-state index contributed by atoms with van der Waals surface area (Å²) >= 11 is 0. The average Bonchev–Trinajstić information content (AvgIpc) is 1.48. The van der Waals surface area contributed by atoms with Crippen molar-refractivity contribution in [3.63, 3.8) is 0 Å². The zero-order chi connectivity index (χ0) is 72.0. The lowest BCUT2D eigenvalue weighted by Crippen LogP contribution is -2.60. The van der Waals surface area contributed by atoms with E-state index >= 15 is 0 Å². The van der Waals surface area contributed by atoms with Gasteiger partial charge in [0.05, 0.1) is 12.1 Å². The maximum atomic E-state index is 14.4. The first kappa shape index (κ1) is 39.5. The molecule has 6 rings (SSSR count). The Hall–Kier alpha value is -4.90. The highest BCUT2D eigenvalue weighted by Gasteiger charge is 2.71. The molecule has 0 aromatic carbocycles. The van der Waals surface area contributed by atoms with Crippen LogP contribution in [0.5, 0.6) is 0 Å². The van der Waals surface area contributed by atoms with E-state index in [-0.39, 0.29) is 48.5 Å². The van der Waals surface area contributed by atoms with Gasteiger partial charge in [-0.2, -0.15) is 0 Å². The number of primary amides is 2. The molecule has 422 valence electrons. The number of nitrogens with zero attached hydrogens (tertiary/aromatic N) is 2. The first-order valence-electron chi connectivity index (χ1n) is 35.1. The summed E-state index contributed by atoms with van der Waals surface area (Å²) < 4.78 is 144. The molecule has 4 saturated carbocycles. The summed E-state index contributed by atoms with van der Waals surface area (Å²) in [5, 5.41) is 9.22. The van der Waals surface area contributed by atoms with Crippen LogP contribution in [0, 0.1) is 74.9 Å². The molecule has 0 spiro atoms. The predicted molar refractivity (Wildman–Crippen MR) is 285 cm³/mol. The second-order valence-corrected chi connectivity index (χ2v) is 25.5. The molecular formula is C57H94N8O10. The first-order valence-corrected chi connectivity index (χ1v) is 26.1. The van der Waals surface area contributed by atoms with Crippen molar-refractivity contribution in [2.75, 3.05) is 13.1 Å². The number of piperidine rings is 2. The molecule has 8 N–H and O–H groups in total. The number of likely N-dealkylation sites (tertiary alicyclic amines) is 2. The van der Waals surface area contributed by atoms with Gasteiger partial charge in [-0.15, -0.1) is 0 Å². The van der Waals surface area contributed by atoms with Gasteiger partial charge in [0.1, 0.15) is 12.1 Å². The van der Waals surface area contributed by atoms with Gasteiger partial charge >= 0.3 is 12.1 Å². The van der Waals surface area contributed by atoms with Gasteiger partial charge in [-0.25, -0.2) is 9.59 Å². The topological polar surface area (TPSA) is 277 Å². The van der Waals surface area contributed by atoms with Crippen molar-refractivity contribution in [2.24, 2.45) is 86.4 Å². The summed E-state index contributed by atoms with van der Waals surface area (Å²) in [4.78, 5) is 135. The van der Waals surface area contributed by atoms with Crippen LogP contribution in [0.15, 0.2) is 0 Å². The number of nitrogens with one attached hydrogen (secondary N) is 4. The molecule has 2 saturated heterocycles. The molecule has 0 aromatic rings. The van der Waals surface area contributed by atoms with Gasteiger partial charge in [0, 0.05) is 73.5 Å². The van der Waals surface area contributed by atoms with E-state index in [0.717, 1.165) is 50.9 Å². The maximum absolute atomic E-state index is 14.4. The van der Waals surface area contributed by atoms with Crippen LogP contribution in [0.3, 0.4) is 0 Å². The third kappa shape index (κ3) is 14.4. The van der Waals surface area contributed by atoms with Crippen molar-refractivity contribution in [1.82, 2.24) is 31.1 Å². The van der Waals surface area contributed by atoms with Gasteiger partial charge in [0.15, 0.2) is 11.6 Å². The molecule has 18 heteroatoms. The van der Waals surface area contributed by atoms with Crippen LogP contribution in [0.2, 0.25) is 0 Å². The quantitative estimate of drug-likeness (QED) is 0.0891. The Morgan fingerprint density at radius 3 is 1.32 bits per heavy atom. The third-order valence-corrected chi connectivity index (χ3v) is 16.3. The first-order chi connectivity index (χ1) is 41.6. The molecule has 0 aromatic heterocycles. The van der Waals surface area contributed by atoms with E-state index in [0.29, 0.717) is 12.3 Å². The number of hydrogen-bond acceptors (Lipinski definition) is 10. The van der Waals surface area contributed by atoms with Crippen molar-refractivity contribution in [3.8, 4) is 0 Å². The second-order valence-electron chi connectivity index (χ2n) is 25.5. The van der Waals surface area contributed by atoms with Crippen molar-refractivity contribution in [1.29, 1.82) is 0 Å². The molecular weight excluding hydrogens is 957 g/mol. The summed E-state index contributed by atoms with van der Waals surface area (Å²) in [6.07, 6.45) is 3.59. The van der Waals surface area contributed by atoms with Crippen LogP contribution in [0.1, 0.15) is 200 Å². The Labute approximate surface area is 471 Å². The van der Waals surface area contributed by atoms with E-state index in [4.69, 9.17) is 36.1 Å². The van der Waals surface area contributed by atoms with Gasteiger partial charge < -0.3 is 42.5 Å². The lowest BCUT2D eigenvalue weighted by molar-refractivity contribution is -0.145. The predicted octanol–water partition coefficient (Wildman–Crippen LogP) is 5.85. The number of amides is 8. The molecule has 75 heavy (non-hydrogen) atoms. The van der Waals surface area contributed by atoms with Crippen LogP contribution < -0.4 is 32.7 Å². The van der Waals surface area contributed by atoms with Crippen LogP contribution in [0.4, 0.5) is 9.59 Å². The number of urea groups is 2. The molecule has 6 fully saturated rings. The lowest BCUT2D eigenvalue weighted by Gasteiger charge is -2.38. The Morgan fingerprint density at radius 1 is 0.600 bits per heavy atom. The molecule has 6 aliphatic rings. The molecule has 2 unspecified atom stereocenters. The lowest BCUT2D eigenvalue weighted by atomic mass is 9.70. The second kappa shape index (κ2) is 21.9. The van der Waals surface area contributed by atoms with Crippen LogP contribution in [-0.2, 0) is 38.4 Å². The molecule has 18 nitrogen and oxygen atoms in total. The fourth-order valence-electron chi connectivity index (χ4n) is 12.0. The van der Waals surface area contributed by atoms with E-state index in [1.165, 1.54) is 46.4 Å². The minimum absolute atomic E-state index is 0.00579. The average molecular weight is 1070 g/mol. The molecule has 4 aliphatic carbocycles. The van der Waals surface area contributed by atoms with Crippen LogP contribution >= 0.6 is 0 Å². The van der Waals surface area contributed by atoms with E-state index in [2.05, 4.69) is 28.2 Å². The third-order valence-electron chi connectivity index (χ3n) is 16.3. The highest BCUT2D eigenvalue weighted by Crippen LogP contribution is 2.66. The zero-order valence-electron chi connectivity index (χ0n) is 63.4. The van der Waals surface area contributed by atoms with E-state index in [1.807, 2.05) is 13.8 Å². The minimum Gasteiger partial charge on any atom is -0.363 e. The largest absolute Gasteiger partial charge is 0.363 e. The Bertz CT molecular complexity index is 2910. The number of hydrogen-bond donors (Lipinski definition) is 6. The van der Waals surface area contributed by atoms with Crippen molar-refractivity contribution < 1.29 is 72.6 Å². The van der Waals surface area contributed by atoms with Gasteiger partial charge in [-0.1, -0.05) is 95.1 Å². The fraction of sp³-hybridized carbons (Fsp3) is 0.825. The molecule has 8 amide bonds. The highest BCUT2D eigenvalue weighted by atomic mass is 16.2. The Balaban J connectivity index is 0.000000339. The summed E-state index contributed by atoms with van der Waals surface area (Å²) in [5.74, 6) is -12.1. The normalized spacial score (nSPS) is 32.5. The highest BCUT2D eigenvalue weighted by molar-refractivity contribution is 6.37. The summed E-state index contributed by atoms with van der Waals surface area (Å²) in [7, 11) is 0. The molecule has 2 aliphatic heterocycles. The van der Waals surface area contributed by atoms with Crippen LogP contribution in [0.25, 0.3) is 0 Å². The smallest absolute Gasteiger partial charge is 0.315 e. The van der Waals surface area contributed by atoms with Crippen molar-refractivity contribution in [2.45, 2.75) is 210 Å². The number of carbonyl (C=O) groups is 10. The minimum atomic E-state index is -3.13. The molecule has 10 atom stereocenters. The number of nitrogens with two attached hydrogens (primary N) is 2. The molecule has 0 radical (unpaired) electrons. The number of ketones is 4. The fourth-order valence-corrected chi connectivity index (χ4v) is 12.0. The van der Waals surface area contributed by atoms with E-state index in [9.17, 15) is 47.9 Å². The van der Waals surface area contributed by atoms with E-state index in [1.54, 1.807) is 0 Å². The van der Waals surface area contributed by atoms with Gasteiger partial charge in [-0.05, 0) is 130 Å². The maximum Gasteiger partial charge on any atom is 0.315 e. The van der Waals surface area contributed by atoms with Crippen molar-refractivity contribution >= 4 is 58.8 Å². The number of rotatable bonds is 18. The summed E-state index contributed by atoms with van der Waals surface area (Å²) in [6.45, 7) is -1.88. The van der Waals surface area contributed by atoms with Gasteiger partial charge in [0.2, 0.25) is 23.4 Å². The Morgan fingerprint density at radius 2 is 0.987 bits per heavy atom. The Kier molecular flexibility index (Phi) is 11.5. The van der Waals surface area contributed by atoms with Crippen LogP contribution in [-0.4, -0.2) is 117 Å². The SMILES string of the molecule is [2H]C([2H])([2H])C(C)(C)NC(=O)N[C@H](C(=O)N1C[C@H]2[C@@H]([C@H]1C(=O)CC(CC1CC(C)C1)C(=O)C(N)=O)C2(C)C)C(C)(C)C([2H])([2H])[2H].[2H]C([2H])([2H])C(C)(C)NC(=O)N[C@H](C(=O)N1C[C@H]2[C@@H]([C@H]1C(=O)CC(CC1CCC1)C(=O)C(N)=O)C2(C([2H])([2H])[2H])C([2H])([2H])[2H])C(C)(C)C([2H])([2H])[2H]. The summed E-state index contributed by atoms with van der Waals surface area (Å²) in [6, 6.07) is -8.66. The van der Waals surface area contributed by atoms with Gasteiger partial charge in [-0.3, -0.25) is 38.4 Å². The molecule has 0 bridgehead atoms. The standard InChI is InChI=1S/C29H48N4O5.C28H46N4O5/c1-15-10-16(11-15)12-17(22(35)24(30)36)13-19(34)21-20-18(29(20,8)9)14-33(21)25(37)23(27(2,3)4)31-26(38)32-28(5,6)7;1-26(2,3)22(30-25(37)31-27(4,5)6)24(36)32-14-17-19(28(17,7)8)20(32)18(33)13-16(21(34)23(29)35)12-15-10-9-11-15/h15-18,20-21,23H,10-14H2,1-9H3,(H2,30,36)(H2,31,32,38);15-17,19-20,22H,9-14H2,1-8H3,(H2,29,35)(H2,30,31,37)/t15?,16?,17?,18-,20-,21+,23+;16?,17-,19-,20+,22+/m00/s1/i2D3,5D3;1D3,4D3,7D3,8D3. The monoisotopic (exact) mass is 1070 g/mol. The van der Waals surface area contributed by atoms with Gasteiger partial charge in [0.25, 0.3) is 11.8 Å². The van der Waals surface area contributed by atoms with Crippen molar-refractivity contribution in [3.05, 3.63) is 0 Å². The van der Waals surface area contributed by atoms with E-state index < -0.39 is 188 Å². The zero-order valence-corrected chi connectivity index (χ0v) is 45.4. The number of Topliss-reactive ketones (excluding diaryl/α,β-unsaturated/α-hetero) is 4. The summed E-state index contributed by atoms with van der Waals surface area (Å²) in [5.41, 5.74) is 0.430.